The number of aliphatic hydroxyl groups excluding tert-OH is 1. The highest BCUT2D eigenvalue weighted by atomic mass is 32.2. The van der Waals surface area contributed by atoms with Crippen molar-refractivity contribution < 1.29 is 18.3 Å². The highest BCUT2D eigenvalue weighted by Gasteiger charge is 2.33. The predicted octanol–water partition coefficient (Wildman–Crippen LogP) is -0.711. The smallest absolute Gasteiger partial charge is 0.246 e. The molecule has 2 heterocycles. The van der Waals surface area contributed by atoms with Crippen molar-refractivity contribution in [3.8, 4) is 0 Å². The lowest BCUT2D eigenvalue weighted by Gasteiger charge is -2.35. The second-order valence-electron chi connectivity index (χ2n) is 4.57. The maximum atomic E-state index is 12.5. The molecule has 0 saturated carbocycles. The van der Waals surface area contributed by atoms with E-state index in [2.05, 4.69) is 15.3 Å². The van der Waals surface area contributed by atoms with Gasteiger partial charge in [0.15, 0.2) is 0 Å². The van der Waals surface area contributed by atoms with Gasteiger partial charge in [0, 0.05) is 20.1 Å². The normalized spacial score (nSPS) is 24.6. The van der Waals surface area contributed by atoms with Gasteiger partial charge in [-0.05, 0) is 6.92 Å². The van der Waals surface area contributed by atoms with Crippen molar-refractivity contribution in [2.24, 2.45) is 0 Å². The fourth-order valence-electron chi connectivity index (χ4n) is 2.03. The molecule has 0 amide bonds. The molecule has 1 fully saturated rings. The van der Waals surface area contributed by atoms with Crippen molar-refractivity contribution in [3.63, 3.8) is 0 Å². The van der Waals surface area contributed by atoms with Crippen molar-refractivity contribution in [3.05, 3.63) is 12.4 Å². The molecular weight excluding hydrogens is 284 g/mol. The largest absolute Gasteiger partial charge is 0.394 e. The maximum Gasteiger partial charge on any atom is 0.246 e. The predicted molar refractivity (Wildman–Crippen MR) is 71.8 cm³/mol. The minimum Gasteiger partial charge on any atom is -0.394 e. The Hall–Kier alpha value is -1.29. The summed E-state index contributed by atoms with van der Waals surface area (Å²) in [5.41, 5.74) is 0. The molecule has 112 valence electrons. The first-order valence-electron chi connectivity index (χ1n) is 6.23. The molecule has 0 aliphatic carbocycles. The Labute approximate surface area is 117 Å². The highest BCUT2D eigenvalue weighted by Crippen LogP contribution is 2.20. The molecule has 1 saturated heterocycles. The van der Waals surface area contributed by atoms with Crippen LogP contribution in [0.2, 0.25) is 0 Å². The molecule has 2 atom stereocenters. The molecule has 0 aromatic carbocycles. The zero-order chi connectivity index (χ0) is 14.8. The van der Waals surface area contributed by atoms with Gasteiger partial charge in [-0.15, -0.1) is 0 Å². The third-order valence-electron chi connectivity index (χ3n) is 2.99. The lowest BCUT2D eigenvalue weighted by atomic mass is 10.2. The third-order valence-corrected chi connectivity index (χ3v) is 4.77. The van der Waals surface area contributed by atoms with Gasteiger partial charge in [0.25, 0.3) is 0 Å². The quantitative estimate of drug-likeness (QED) is 0.757. The standard InChI is InChI=1S/C11H18N4O4S/c1-8-5-15(6-9(7-16)19-8)20(17,18)10-3-13-11(12-2)14-4-10/h3-4,8-9,16H,5-7H2,1-2H3,(H,12,13,14). The van der Waals surface area contributed by atoms with Crippen molar-refractivity contribution in [1.29, 1.82) is 0 Å². The van der Waals surface area contributed by atoms with Crippen LogP contribution in [0.4, 0.5) is 5.95 Å². The van der Waals surface area contributed by atoms with Crippen molar-refractivity contribution in [2.45, 2.75) is 24.0 Å². The van der Waals surface area contributed by atoms with E-state index < -0.39 is 16.1 Å². The molecule has 8 nitrogen and oxygen atoms in total. The van der Waals surface area contributed by atoms with Gasteiger partial charge >= 0.3 is 0 Å². The average Bonchev–Trinajstić information content (AvgIpc) is 2.46. The average molecular weight is 302 g/mol. The van der Waals surface area contributed by atoms with Gasteiger partial charge < -0.3 is 15.2 Å². The molecule has 0 spiro atoms. The number of hydrogen-bond donors (Lipinski definition) is 2. The van der Waals surface area contributed by atoms with Crippen LogP contribution in [0.1, 0.15) is 6.92 Å². The van der Waals surface area contributed by atoms with E-state index in [0.717, 1.165) is 0 Å². The number of nitrogens with one attached hydrogen (secondary N) is 1. The summed E-state index contributed by atoms with van der Waals surface area (Å²) < 4.78 is 31.7. The number of anilines is 1. The van der Waals surface area contributed by atoms with E-state index in [1.54, 1.807) is 14.0 Å². The van der Waals surface area contributed by atoms with Gasteiger partial charge in [-0.2, -0.15) is 4.31 Å². The Morgan fingerprint density at radius 2 is 2.10 bits per heavy atom. The molecule has 2 N–H and O–H groups in total. The van der Waals surface area contributed by atoms with Crippen LogP contribution in [-0.2, 0) is 14.8 Å². The molecular formula is C11H18N4O4S. The van der Waals surface area contributed by atoms with Crippen molar-refractivity contribution in [2.75, 3.05) is 32.1 Å². The van der Waals surface area contributed by atoms with Crippen LogP contribution >= 0.6 is 0 Å². The summed E-state index contributed by atoms with van der Waals surface area (Å²) in [6.45, 7) is 1.92. The zero-order valence-corrected chi connectivity index (χ0v) is 12.2. The first kappa shape index (κ1) is 15.1. The van der Waals surface area contributed by atoms with E-state index in [4.69, 9.17) is 9.84 Å². The fraction of sp³-hybridized carbons (Fsp3) is 0.636. The number of hydrogen-bond acceptors (Lipinski definition) is 7. The molecule has 1 aliphatic heterocycles. The summed E-state index contributed by atoms with van der Waals surface area (Å²) in [6, 6.07) is 0. The fourth-order valence-corrected chi connectivity index (χ4v) is 3.47. The van der Waals surface area contributed by atoms with Crippen LogP contribution in [0.3, 0.4) is 0 Å². The molecule has 1 aliphatic rings. The minimum atomic E-state index is -3.67. The van der Waals surface area contributed by atoms with E-state index in [-0.39, 0.29) is 30.7 Å². The van der Waals surface area contributed by atoms with Crippen LogP contribution in [0.5, 0.6) is 0 Å². The second-order valence-corrected chi connectivity index (χ2v) is 6.50. The summed E-state index contributed by atoms with van der Waals surface area (Å²) in [5.74, 6) is 0.354. The molecule has 9 heteroatoms. The van der Waals surface area contributed by atoms with Crippen LogP contribution in [0.15, 0.2) is 17.3 Å². The number of rotatable bonds is 4. The van der Waals surface area contributed by atoms with Crippen LogP contribution in [-0.4, -0.2) is 66.7 Å². The minimum absolute atomic E-state index is 0.0299. The zero-order valence-electron chi connectivity index (χ0n) is 11.4. The van der Waals surface area contributed by atoms with E-state index in [1.165, 1.54) is 16.7 Å². The summed E-state index contributed by atoms with van der Waals surface area (Å²) in [7, 11) is -2.02. The molecule has 2 rings (SSSR count). The topological polar surface area (TPSA) is 105 Å². The van der Waals surface area contributed by atoms with Gasteiger partial charge in [0.2, 0.25) is 16.0 Å². The Bertz CT molecular complexity index is 548. The molecule has 1 aromatic rings. The van der Waals surface area contributed by atoms with Gasteiger partial charge in [-0.3, -0.25) is 0 Å². The lowest BCUT2D eigenvalue weighted by Crippen LogP contribution is -2.50. The first-order valence-corrected chi connectivity index (χ1v) is 7.67. The monoisotopic (exact) mass is 302 g/mol. The van der Waals surface area contributed by atoms with Gasteiger partial charge in [0.1, 0.15) is 4.90 Å². The van der Waals surface area contributed by atoms with Crippen molar-refractivity contribution >= 4 is 16.0 Å². The van der Waals surface area contributed by atoms with Crippen LogP contribution in [0, 0.1) is 0 Å². The number of ether oxygens (including phenoxy) is 1. The first-order chi connectivity index (χ1) is 9.47. The second kappa shape index (κ2) is 6.00. The SMILES string of the molecule is CNc1ncc(S(=O)(=O)N2CC(C)OC(CO)C2)cn1. The van der Waals surface area contributed by atoms with E-state index in [9.17, 15) is 8.42 Å². The number of nitrogens with zero attached hydrogens (tertiary/aromatic N) is 3. The van der Waals surface area contributed by atoms with Gasteiger partial charge in [-0.1, -0.05) is 0 Å². The summed E-state index contributed by atoms with van der Waals surface area (Å²) in [4.78, 5) is 7.85. The Morgan fingerprint density at radius 1 is 1.45 bits per heavy atom. The van der Waals surface area contributed by atoms with E-state index in [1.807, 2.05) is 0 Å². The van der Waals surface area contributed by atoms with Crippen LogP contribution < -0.4 is 5.32 Å². The summed E-state index contributed by atoms with van der Waals surface area (Å²) in [5, 5.41) is 11.9. The number of sulfonamides is 1. The van der Waals surface area contributed by atoms with E-state index in [0.29, 0.717) is 5.95 Å². The molecule has 20 heavy (non-hydrogen) atoms. The van der Waals surface area contributed by atoms with Crippen LogP contribution in [0.25, 0.3) is 0 Å². The number of aromatic nitrogens is 2. The Kier molecular flexibility index (Phi) is 4.53. The molecule has 2 unspecified atom stereocenters. The Morgan fingerprint density at radius 3 is 2.65 bits per heavy atom. The Balaban J connectivity index is 2.24. The summed E-state index contributed by atoms with van der Waals surface area (Å²) in [6.07, 6.45) is 1.75. The molecule has 1 aromatic heterocycles. The summed E-state index contributed by atoms with van der Waals surface area (Å²) >= 11 is 0. The molecule has 0 radical (unpaired) electrons. The van der Waals surface area contributed by atoms with Gasteiger partial charge in [-0.25, -0.2) is 18.4 Å². The molecule has 0 bridgehead atoms. The maximum absolute atomic E-state index is 12.5. The lowest BCUT2D eigenvalue weighted by molar-refractivity contribution is -0.0750. The van der Waals surface area contributed by atoms with Crippen molar-refractivity contribution in [1.82, 2.24) is 14.3 Å². The highest BCUT2D eigenvalue weighted by molar-refractivity contribution is 7.89. The third kappa shape index (κ3) is 3.06. The number of aliphatic hydroxyl groups is 1. The van der Waals surface area contributed by atoms with E-state index >= 15 is 0 Å². The number of morpholine rings is 1. The van der Waals surface area contributed by atoms with Gasteiger partial charge in [0.05, 0.1) is 31.2 Å².